The van der Waals surface area contributed by atoms with Crippen LogP contribution in [0.15, 0.2) is 30.5 Å². The van der Waals surface area contributed by atoms with E-state index in [4.69, 9.17) is 0 Å². The van der Waals surface area contributed by atoms with Gasteiger partial charge in [0, 0.05) is 37.1 Å². The van der Waals surface area contributed by atoms with Crippen molar-refractivity contribution >= 4 is 11.6 Å². The van der Waals surface area contributed by atoms with Crippen LogP contribution < -0.4 is 10.6 Å². The van der Waals surface area contributed by atoms with E-state index in [9.17, 15) is 4.79 Å². The van der Waals surface area contributed by atoms with E-state index in [2.05, 4.69) is 15.7 Å². The molecular formula is C15H20N4O. The molecule has 1 amide bonds. The molecule has 0 fully saturated rings. The van der Waals surface area contributed by atoms with Gasteiger partial charge in [0.15, 0.2) is 0 Å². The monoisotopic (exact) mass is 272 g/mol. The molecule has 0 radical (unpaired) electrons. The van der Waals surface area contributed by atoms with E-state index in [-0.39, 0.29) is 5.91 Å². The molecule has 1 aromatic carbocycles. The molecule has 0 saturated heterocycles. The molecular weight excluding hydrogens is 252 g/mol. The predicted octanol–water partition coefficient (Wildman–Crippen LogP) is 2.09. The second kappa shape index (κ2) is 6.23. The fourth-order valence-corrected chi connectivity index (χ4v) is 2.01. The normalized spacial score (nSPS) is 10.3. The molecule has 0 spiro atoms. The summed E-state index contributed by atoms with van der Waals surface area (Å²) in [5.41, 5.74) is 3.61. The Hall–Kier alpha value is -2.30. The minimum atomic E-state index is -0.0789. The van der Waals surface area contributed by atoms with Crippen LogP contribution in [0.2, 0.25) is 0 Å². The summed E-state index contributed by atoms with van der Waals surface area (Å²) in [5, 5.41) is 10.3. The summed E-state index contributed by atoms with van der Waals surface area (Å²) in [7, 11) is 1.89. The van der Waals surface area contributed by atoms with E-state index < -0.39 is 0 Å². The van der Waals surface area contributed by atoms with Crippen molar-refractivity contribution in [3.63, 3.8) is 0 Å². The van der Waals surface area contributed by atoms with Crippen LogP contribution >= 0.6 is 0 Å². The molecule has 2 N–H and O–H groups in total. The fourth-order valence-electron chi connectivity index (χ4n) is 2.01. The molecule has 0 unspecified atom stereocenters. The number of nitrogens with one attached hydrogen (secondary N) is 2. The maximum absolute atomic E-state index is 12.3. The SMILES string of the molecule is CCNc1ccccc1C(=O)NCc1cnn(C)c1C. The Kier molecular flexibility index (Phi) is 4.40. The molecule has 1 heterocycles. The molecule has 5 heteroatoms. The lowest BCUT2D eigenvalue weighted by Crippen LogP contribution is -2.24. The lowest BCUT2D eigenvalue weighted by Gasteiger charge is -2.10. The zero-order valence-electron chi connectivity index (χ0n) is 12.1. The number of aromatic nitrogens is 2. The van der Waals surface area contributed by atoms with Crippen LogP contribution in [0.1, 0.15) is 28.5 Å². The minimum Gasteiger partial charge on any atom is -0.385 e. The van der Waals surface area contributed by atoms with Gasteiger partial charge < -0.3 is 10.6 Å². The molecule has 2 rings (SSSR count). The maximum atomic E-state index is 12.3. The van der Waals surface area contributed by atoms with Crippen LogP contribution in [-0.4, -0.2) is 22.2 Å². The van der Waals surface area contributed by atoms with Gasteiger partial charge in [0.25, 0.3) is 5.91 Å². The van der Waals surface area contributed by atoms with Crippen molar-refractivity contribution in [1.82, 2.24) is 15.1 Å². The fraction of sp³-hybridized carbons (Fsp3) is 0.333. The van der Waals surface area contributed by atoms with E-state index in [1.165, 1.54) is 0 Å². The van der Waals surface area contributed by atoms with Gasteiger partial charge in [-0.1, -0.05) is 12.1 Å². The highest BCUT2D eigenvalue weighted by Crippen LogP contribution is 2.15. The topological polar surface area (TPSA) is 59.0 Å². The average Bonchev–Trinajstić information content (AvgIpc) is 2.77. The Balaban J connectivity index is 2.07. The van der Waals surface area contributed by atoms with E-state index in [0.717, 1.165) is 23.5 Å². The Bertz CT molecular complexity index is 604. The maximum Gasteiger partial charge on any atom is 0.253 e. The van der Waals surface area contributed by atoms with Crippen LogP contribution in [0.5, 0.6) is 0 Å². The number of carbonyl (C=O) groups excluding carboxylic acids is 1. The van der Waals surface area contributed by atoms with Gasteiger partial charge in [-0.05, 0) is 26.0 Å². The number of anilines is 1. The first kappa shape index (κ1) is 14.1. The van der Waals surface area contributed by atoms with E-state index in [1.807, 2.05) is 45.2 Å². The summed E-state index contributed by atoms with van der Waals surface area (Å²) in [6.07, 6.45) is 1.78. The number of para-hydroxylation sites is 1. The predicted molar refractivity (Wildman–Crippen MR) is 79.7 cm³/mol. The molecule has 0 aliphatic carbocycles. The van der Waals surface area contributed by atoms with Crippen LogP contribution in [0.3, 0.4) is 0 Å². The second-order valence-corrected chi connectivity index (χ2v) is 4.64. The molecule has 5 nitrogen and oxygen atoms in total. The number of rotatable bonds is 5. The van der Waals surface area contributed by atoms with Crippen molar-refractivity contribution in [1.29, 1.82) is 0 Å². The van der Waals surface area contributed by atoms with E-state index in [1.54, 1.807) is 10.9 Å². The van der Waals surface area contributed by atoms with Crippen molar-refractivity contribution in [2.45, 2.75) is 20.4 Å². The molecule has 0 aliphatic rings. The van der Waals surface area contributed by atoms with Crippen molar-refractivity contribution in [2.75, 3.05) is 11.9 Å². The molecule has 0 atom stereocenters. The third-order valence-electron chi connectivity index (χ3n) is 3.32. The highest BCUT2D eigenvalue weighted by atomic mass is 16.1. The summed E-state index contributed by atoms with van der Waals surface area (Å²) >= 11 is 0. The van der Waals surface area contributed by atoms with Crippen molar-refractivity contribution in [3.8, 4) is 0 Å². The first-order valence-corrected chi connectivity index (χ1v) is 6.72. The van der Waals surface area contributed by atoms with Gasteiger partial charge in [-0.25, -0.2) is 0 Å². The van der Waals surface area contributed by atoms with Crippen LogP contribution in [-0.2, 0) is 13.6 Å². The number of hydrogen-bond acceptors (Lipinski definition) is 3. The average molecular weight is 272 g/mol. The van der Waals surface area contributed by atoms with Crippen LogP contribution in [0.4, 0.5) is 5.69 Å². The highest BCUT2D eigenvalue weighted by molar-refractivity contribution is 5.99. The highest BCUT2D eigenvalue weighted by Gasteiger charge is 2.11. The Labute approximate surface area is 119 Å². The third-order valence-corrected chi connectivity index (χ3v) is 3.32. The summed E-state index contributed by atoms with van der Waals surface area (Å²) in [4.78, 5) is 12.3. The van der Waals surface area contributed by atoms with Crippen LogP contribution in [0.25, 0.3) is 0 Å². The molecule has 0 saturated carbocycles. The van der Waals surface area contributed by atoms with E-state index in [0.29, 0.717) is 12.1 Å². The van der Waals surface area contributed by atoms with Gasteiger partial charge in [-0.15, -0.1) is 0 Å². The lowest BCUT2D eigenvalue weighted by molar-refractivity contribution is 0.0951. The molecule has 106 valence electrons. The van der Waals surface area contributed by atoms with Crippen molar-refractivity contribution in [3.05, 3.63) is 47.3 Å². The Morgan fingerprint density at radius 1 is 1.35 bits per heavy atom. The first-order valence-electron chi connectivity index (χ1n) is 6.72. The van der Waals surface area contributed by atoms with Gasteiger partial charge in [0.1, 0.15) is 0 Å². The molecule has 0 aliphatic heterocycles. The van der Waals surface area contributed by atoms with Gasteiger partial charge in [0.05, 0.1) is 11.8 Å². The van der Waals surface area contributed by atoms with Gasteiger partial charge in [0.2, 0.25) is 0 Å². The quantitative estimate of drug-likeness (QED) is 0.876. The number of aryl methyl sites for hydroxylation is 1. The summed E-state index contributed by atoms with van der Waals surface area (Å²) in [5.74, 6) is -0.0789. The van der Waals surface area contributed by atoms with Gasteiger partial charge in [-0.3, -0.25) is 9.48 Å². The van der Waals surface area contributed by atoms with Crippen molar-refractivity contribution < 1.29 is 4.79 Å². The summed E-state index contributed by atoms with van der Waals surface area (Å²) in [6, 6.07) is 7.52. The lowest BCUT2D eigenvalue weighted by atomic mass is 10.1. The summed E-state index contributed by atoms with van der Waals surface area (Å²) in [6.45, 7) is 5.26. The molecule has 2 aromatic rings. The first-order chi connectivity index (χ1) is 9.63. The summed E-state index contributed by atoms with van der Waals surface area (Å²) < 4.78 is 1.80. The van der Waals surface area contributed by atoms with Gasteiger partial charge >= 0.3 is 0 Å². The number of nitrogens with zero attached hydrogens (tertiary/aromatic N) is 2. The Morgan fingerprint density at radius 3 is 2.75 bits per heavy atom. The zero-order chi connectivity index (χ0) is 14.5. The second-order valence-electron chi connectivity index (χ2n) is 4.64. The van der Waals surface area contributed by atoms with Crippen LogP contribution in [0, 0.1) is 6.92 Å². The number of hydrogen-bond donors (Lipinski definition) is 2. The van der Waals surface area contributed by atoms with E-state index >= 15 is 0 Å². The minimum absolute atomic E-state index is 0.0789. The molecule has 0 bridgehead atoms. The smallest absolute Gasteiger partial charge is 0.253 e. The number of amides is 1. The molecule has 1 aromatic heterocycles. The van der Waals surface area contributed by atoms with Crippen molar-refractivity contribution in [2.24, 2.45) is 7.05 Å². The standard InChI is InChI=1S/C15H20N4O/c1-4-16-14-8-6-5-7-13(14)15(20)17-9-12-10-18-19(3)11(12)2/h5-8,10,16H,4,9H2,1-3H3,(H,17,20). The van der Waals surface area contributed by atoms with Gasteiger partial charge in [-0.2, -0.15) is 5.10 Å². The largest absolute Gasteiger partial charge is 0.385 e. The number of carbonyl (C=O) groups is 1. The molecule has 20 heavy (non-hydrogen) atoms. The number of benzene rings is 1. The zero-order valence-corrected chi connectivity index (χ0v) is 12.1. The third kappa shape index (κ3) is 2.99. The Morgan fingerprint density at radius 2 is 2.10 bits per heavy atom.